The zero-order valence-electron chi connectivity index (χ0n) is 14.2. The number of carbonyl (C=O) groups is 2. The summed E-state index contributed by atoms with van der Waals surface area (Å²) < 4.78 is 10.1. The van der Waals surface area contributed by atoms with Gasteiger partial charge in [-0.3, -0.25) is 14.9 Å². The highest BCUT2D eigenvalue weighted by Gasteiger charge is 2.23. The van der Waals surface area contributed by atoms with Crippen molar-refractivity contribution in [3.05, 3.63) is 62.1 Å². The van der Waals surface area contributed by atoms with Crippen molar-refractivity contribution in [2.45, 2.75) is 13.0 Å². The molecule has 0 spiro atoms. The third-order valence-corrected chi connectivity index (χ3v) is 4.08. The van der Waals surface area contributed by atoms with E-state index in [1.54, 1.807) is 12.1 Å². The highest BCUT2D eigenvalue weighted by atomic mass is 35.5. The summed E-state index contributed by atoms with van der Waals surface area (Å²) in [6, 6.07) is 7.96. The molecule has 0 radical (unpaired) electrons. The molecule has 142 valence electrons. The van der Waals surface area contributed by atoms with Crippen LogP contribution in [0.15, 0.2) is 36.4 Å². The number of carbonyl (C=O) groups excluding carboxylic acids is 2. The van der Waals surface area contributed by atoms with Gasteiger partial charge in [0.25, 0.3) is 11.6 Å². The molecule has 2 rings (SSSR count). The van der Waals surface area contributed by atoms with E-state index in [4.69, 9.17) is 32.7 Å². The smallest absolute Gasteiger partial charge is 0.340 e. The maximum Gasteiger partial charge on any atom is 0.340 e. The van der Waals surface area contributed by atoms with E-state index in [9.17, 15) is 19.7 Å². The van der Waals surface area contributed by atoms with Gasteiger partial charge >= 0.3 is 5.97 Å². The molecular weight excluding hydrogens is 399 g/mol. The van der Waals surface area contributed by atoms with Crippen molar-refractivity contribution in [1.29, 1.82) is 0 Å². The second-order valence-electron chi connectivity index (χ2n) is 5.31. The van der Waals surface area contributed by atoms with Gasteiger partial charge in [-0.25, -0.2) is 4.79 Å². The summed E-state index contributed by atoms with van der Waals surface area (Å²) in [6.07, 6.45) is -1.19. The third-order valence-electron chi connectivity index (χ3n) is 3.45. The topological polar surface area (TPSA) is 108 Å². The number of hydrogen-bond acceptors (Lipinski definition) is 6. The van der Waals surface area contributed by atoms with E-state index in [1.165, 1.54) is 26.2 Å². The van der Waals surface area contributed by atoms with E-state index < -0.39 is 22.9 Å². The first kappa shape index (κ1) is 20.5. The maximum absolute atomic E-state index is 12.2. The number of halogens is 2. The molecule has 0 aromatic heterocycles. The summed E-state index contributed by atoms with van der Waals surface area (Å²) in [5.74, 6) is -1.14. The number of nitro benzene ring substituents is 1. The van der Waals surface area contributed by atoms with Crippen LogP contribution in [0, 0.1) is 10.1 Å². The monoisotopic (exact) mass is 412 g/mol. The molecule has 27 heavy (non-hydrogen) atoms. The van der Waals surface area contributed by atoms with Gasteiger partial charge in [-0.1, -0.05) is 23.2 Å². The fourth-order valence-electron chi connectivity index (χ4n) is 2.05. The molecule has 2 aromatic carbocycles. The van der Waals surface area contributed by atoms with Gasteiger partial charge in [-0.15, -0.1) is 0 Å². The van der Waals surface area contributed by atoms with Crippen molar-refractivity contribution in [3.63, 3.8) is 0 Å². The first-order valence-corrected chi connectivity index (χ1v) is 8.28. The van der Waals surface area contributed by atoms with Gasteiger partial charge in [0.2, 0.25) is 0 Å². The van der Waals surface area contributed by atoms with Gasteiger partial charge in [0.05, 0.1) is 27.6 Å². The van der Waals surface area contributed by atoms with Crippen LogP contribution >= 0.6 is 23.2 Å². The Kier molecular flexibility index (Phi) is 6.59. The van der Waals surface area contributed by atoms with Crippen molar-refractivity contribution in [1.82, 2.24) is 0 Å². The Morgan fingerprint density at radius 2 is 1.85 bits per heavy atom. The molecule has 0 heterocycles. The Hall–Kier alpha value is -2.84. The van der Waals surface area contributed by atoms with Crippen molar-refractivity contribution in [3.8, 4) is 5.75 Å². The van der Waals surface area contributed by atoms with E-state index >= 15 is 0 Å². The third kappa shape index (κ3) is 5.08. The highest BCUT2D eigenvalue weighted by Crippen LogP contribution is 2.27. The number of esters is 1. The number of ether oxygens (including phenoxy) is 2. The molecule has 0 aliphatic rings. The minimum Gasteiger partial charge on any atom is -0.495 e. The molecule has 2 aromatic rings. The predicted octanol–water partition coefficient (Wildman–Crippen LogP) is 4.09. The van der Waals surface area contributed by atoms with Gasteiger partial charge in [-0.05, 0) is 31.2 Å². The highest BCUT2D eigenvalue weighted by molar-refractivity contribution is 6.33. The van der Waals surface area contributed by atoms with Crippen LogP contribution in [0.25, 0.3) is 0 Å². The maximum atomic E-state index is 12.2. The normalized spacial score (nSPS) is 11.4. The lowest BCUT2D eigenvalue weighted by molar-refractivity contribution is -0.384. The molecule has 0 aliphatic heterocycles. The second kappa shape index (κ2) is 8.70. The molecule has 8 nitrogen and oxygen atoms in total. The predicted molar refractivity (Wildman–Crippen MR) is 99.6 cm³/mol. The Labute approximate surface area is 164 Å². The van der Waals surface area contributed by atoms with Crippen LogP contribution in [0.2, 0.25) is 10.0 Å². The molecule has 0 fully saturated rings. The van der Waals surface area contributed by atoms with Crippen LogP contribution in [0.3, 0.4) is 0 Å². The Morgan fingerprint density at radius 1 is 1.15 bits per heavy atom. The summed E-state index contributed by atoms with van der Waals surface area (Å²) in [7, 11) is 1.46. The molecule has 0 unspecified atom stereocenters. The lowest BCUT2D eigenvalue weighted by Crippen LogP contribution is -2.30. The SMILES string of the molecule is COc1ccc(NC(=O)[C@H](C)OC(=O)c2cc([N+](=O)[O-])ccc2Cl)cc1Cl. The first-order chi connectivity index (χ1) is 12.7. The Bertz CT molecular complexity index is 903. The van der Waals surface area contributed by atoms with Gasteiger partial charge < -0.3 is 14.8 Å². The molecule has 1 atom stereocenters. The molecular formula is C17H14Cl2N2O6. The van der Waals surface area contributed by atoms with E-state index in [1.807, 2.05) is 0 Å². The van der Waals surface area contributed by atoms with Crippen LogP contribution < -0.4 is 10.1 Å². The zero-order valence-corrected chi connectivity index (χ0v) is 15.7. The lowest BCUT2D eigenvalue weighted by atomic mass is 10.2. The average molecular weight is 413 g/mol. The van der Waals surface area contributed by atoms with Crippen LogP contribution in [-0.2, 0) is 9.53 Å². The number of rotatable bonds is 6. The van der Waals surface area contributed by atoms with E-state index in [0.717, 1.165) is 12.1 Å². The number of amides is 1. The fraction of sp³-hybridized carbons (Fsp3) is 0.176. The fourth-order valence-corrected chi connectivity index (χ4v) is 2.50. The Morgan fingerprint density at radius 3 is 2.44 bits per heavy atom. The molecule has 0 saturated carbocycles. The molecule has 1 N–H and O–H groups in total. The van der Waals surface area contributed by atoms with E-state index in [0.29, 0.717) is 16.5 Å². The summed E-state index contributed by atoms with van der Waals surface area (Å²) in [4.78, 5) is 34.6. The number of hydrogen-bond donors (Lipinski definition) is 1. The molecule has 0 bridgehead atoms. The molecule has 10 heteroatoms. The standard InChI is InChI=1S/C17H14Cl2N2O6/c1-9(16(22)20-10-3-6-15(26-2)14(19)7-10)27-17(23)12-8-11(21(24)25)4-5-13(12)18/h3-9H,1-2H3,(H,20,22)/t9-/m0/s1. The largest absolute Gasteiger partial charge is 0.495 e. The molecule has 0 aliphatic carbocycles. The number of nitro groups is 1. The number of benzene rings is 2. The first-order valence-electron chi connectivity index (χ1n) is 7.52. The van der Waals surface area contributed by atoms with Crippen LogP contribution in [0.1, 0.15) is 17.3 Å². The van der Waals surface area contributed by atoms with Gasteiger partial charge in [0.15, 0.2) is 6.10 Å². The lowest BCUT2D eigenvalue weighted by Gasteiger charge is -2.14. The number of nitrogens with zero attached hydrogens (tertiary/aromatic N) is 1. The van der Waals surface area contributed by atoms with Crippen molar-refractivity contribution < 1.29 is 24.0 Å². The number of non-ortho nitro benzene ring substituents is 1. The number of methoxy groups -OCH3 is 1. The van der Waals surface area contributed by atoms with E-state index in [2.05, 4.69) is 5.32 Å². The quantitative estimate of drug-likeness (QED) is 0.434. The Balaban J connectivity index is 2.08. The molecule has 1 amide bonds. The van der Waals surface area contributed by atoms with Crippen LogP contribution in [0.4, 0.5) is 11.4 Å². The van der Waals surface area contributed by atoms with Crippen molar-refractivity contribution in [2.75, 3.05) is 12.4 Å². The van der Waals surface area contributed by atoms with Crippen molar-refractivity contribution in [2.24, 2.45) is 0 Å². The minimum atomic E-state index is -1.19. The van der Waals surface area contributed by atoms with Crippen molar-refractivity contribution >= 4 is 46.5 Å². The van der Waals surface area contributed by atoms with Gasteiger partial charge in [0.1, 0.15) is 5.75 Å². The minimum absolute atomic E-state index is 0.0276. The van der Waals surface area contributed by atoms with Crippen LogP contribution in [-0.4, -0.2) is 30.0 Å². The summed E-state index contributed by atoms with van der Waals surface area (Å²) >= 11 is 11.9. The molecule has 0 saturated heterocycles. The summed E-state index contributed by atoms with van der Waals surface area (Å²) in [5, 5.41) is 13.6. The zero-order chi connectivity index (χ0) is 20.1. The summed E-state index contributed by atoms with van der Waals surface area (Å²) in [6.45, 7) is 1.35. The number of anilines is 1. The van der Waals surface area contributed by atoms with Gasteiger partial charge in [0, 0.05) is 17.8 Å². The second-order valence-corrected chi connectivity index (χ2v) is 6.12. The van der Waals surface area contributed by atoms with Gasteiger partial charge in [-0.2, -0.15) is 0 Å². The average Bonchev–Trinajstić information content (AvgIpc) is 2.61. The van der Waals surface area contributed by atoms with E-state index in [-0.39, 0.29) is 16.3 Å². The number of nitrogens with one attached hydrogen (secondary N) is 1. The summed E-state index contributed by atoms with van der Waals surface area (Å²) in [5.41, 5.74) is -0.156. The van der Waals surface area contributed by atoms with Crippen LogP contribution in [0.5, 0.6) is 5.75 Å².